The fourth-order valence-corrected chi connectivity index (χ4v) is 2.37. The summed E-state index contributed by atoms with van der Waals surface area (Å²) in [4.78, 5) is 12.2. The molecule has 2 aromatic heterocycles. The van der Waals surface area contributed by atoms with Crippen LogP contribution in [0.5, 0.6) is 0 Å². The highest BCUT2D eigenvalue weighted by Crippen LogP contribution is 2.28. The van der Waals surface area contributed by atoms with Gasteiger partial charge in [-0.05, 0) is 32.0 Å². The van der Waals surface area contributed by atoms with Gasteiger partial charge in [0.15, 0.2) is 11.6 Å². The Labute approximate surface area is 123 Å². The molecule has 3 aromatic rings. The molecule has 0 unspecified atom stereocenters. The highest BCUT2D eigenvalue weighted by atomic mass is 79.9. The molecule has 0 aliphatic carbocycles. The average molecular weight is 335 g/mol. The Morgan fingerprint density at radius 2 is 2.10 bits per heavy atom. The van der Waals surface area contributed by atoms with Gasteiger partial charge in [-0.25, -0.2) is 0 Å². The van der Waals surface area contributed by atoms with E-state index in [-0.39, 0.29) is 11.7 Å². The number of carbonyl (C=O) groups is 1. The molecule has 0 saturated carbocycles. The normalized spacial score (nSPS) is 10.9. The molecule has 1 N–H and O–H groups in total. The lowest BCUT2D eigenvalue weighted by Gasteiger charge is -1.98. The molecule has 0 radical (unpaired) electrons. The van der Waals surface area contributed by atoms with E-state index in [1.54, 1.807) is 13.0 Å². The molecule has 0 saturated heterocycles. The van der Waals surface area contributed by atoms with Crippen molar-refractivity contribution in [1.82, 2.24) is 5.16 Å². The van der Waals surface area contributed by atoms with Crippen molar-refractivity contribution in [2.45, 2.75) is 13.8 Å². The van der Waals surface area contributed by atoms with Crippen molar-refractivity contribution in [2.24, 2.45) is 0 Å². The molecule has 5 nitrogen and oxygen atoms in total. The maximum atomic E-state index is 12.2. The topological polar surface area (TPSA) is 68.3 Å². The molecule has 102 valence electrons. The minimum Gasteiger partial charge on any atom is -0.451 e. The van der Waals surface area contributed by atoms with Crippen LogP contribution in [0.3, 0.4) is 0 Å². The van der Waals surface area contributed by atoms with Crippen molar-refractivity contribution in [3.63, 3.8) is 0 Å². The number of benzene rings is 1. The molecule has 20 heavy (non-hydrogen) atoms. The number of furan rings is 1. The van der Waals surface area contributed by atoms with E-state index in [0.717, 1.165) is 15.4 Å². The molecule has 0 aliphatic rings. The summed E-state index contributed by atoms with van der Waals surface area (Å²) in [6, 6.07) is 7.26. The van der Waals surface area contributed by atoms with E-state index in [2.05, 4.69) is 26.4 Å². The molecule has 2 heterocycles. The van der Waals surface area contributed by atoms with Gasteiger partial charge in [0.2, 0.25) is 0 Å². The largest absolute Gasteiger partial charge is 0.451 e. The van der Waals surface area contributed by atoms with E-state index >= 15 is 0 Å². The van der Waals surface area contributed by atoms with E-state index in [0.29, 0.717) is 17.2 Å². The zero-order valence-electron chi connectivity index (χ0n) is 10.9. The number of halogens is 1. The van der Waals surface area contributed by atoms with Crippen LogP contribution >= 0.6 is 15.9 Å². The summed E-state index contributed by atoms with van der Waals surface area (Å²) in [5.74, 6) is 0.931. The Morgan fingerprint density at radius 1 is 1.30 bits per heavy atom. The predicted molar refractivity (Wildman–Crippen MR) is 77.8 cm³/mol. The highest BCUT2D eigenvalue weighted by Gasteiger charge is 2.18. The number of nitrogens with zero attached hydrogens (tertiary/aromatic N) is 1. The van der Waals surface area contributed by atoms with Crippen LogP contribution in [-0.2, 0) is 0 Å². The van der Waals surface area contributed by atoms with Crippen LogP contribution in [0.25, 0.3) is 11.0 Å². The van der Waals surface area contributed by atoms with Crippen molar-refractivity contribution in [1.29, 1.82) is 0 Å². The van der Waals surface area contributed by atoms with Crippen molar-refractivity contribution in [3.8, 4) is 0 Å². The van der Waals surface area contributed by atoms with Gasteiger partial charge < -0.3 is 14.3 Å². The van der Waals surface area contributed by atoms with Gasteiger partial charge in [0, 0.05) is 21.5 Å². The molecule has 1 aromatic carbocycles. The Hall–Kier alpha value is -2.08. The van der Waals surface area contributed by atoms with Gasteiger partial charge in [-0.2, -0.15) is 0 Å². The van der Waals surface area contributed by atoms with Gasteiger partial charge >= 0.3 is 0 Å². The number of nitrogens with one attached hydrogen (secondary N) is 1. The third kappa shape index (κ3) is 2.22. The van der Waals surface area contributed by atoms with Crippen LogP contribution < -0.4 is 5.32 Å². The monoisotopic (exact) mass is 334 g/mol. The summed E-state index contributed by atoms with van der Waals surface area (Å²) in [6.07, 6.45) is 0. The fourth-order valence-electron chi connectivity index (χ4n) is 2.01. The summed E-state index contributed by atoms with van der Waals surface area (Å²) in [5.41, 5.74) is 1.46. The summed E-state index contributed by atoms with van der Waals surface area (Å²) < 4.78 is 11.4. The standard InChI is InChI=1S/C14H11BrN2O3/c1-7-5-12(17-20-7)16-14(18)13-8(2)10-6-9(15)3-4-11(10)19-13/h3-6H,1-2H3,(H,16,17,18). The number of carbonyl (C=O) groups excluding carboxylic acids is 1. The average Bonchev–Trinajstić information content (AvgIpc) is 2.94. The number of aryl methyl sites for hydroxylation is 2. The molecule has 3 rings (SSSR count). The quantitative estimate of drug-likeness (QED) is 0.767. The first kappa shape index (κ1) is 12.9. The van der Waals surface area contributed by atoms with Crippen LogP contribution in [0.1, 0.15) is 21.9 Å². The Kier molecular flexibility index (Phi) is 3.10. The summed E-state index contributed by atoms with van der Waals surface area (Å²) >= 11 is 3.40. The minimum atomic E-state index is -0.344. The van der Waals surface area contributed by atoms with Crippen LogP contribution in [0.4, 0.5) is 5.82 Å². The Morgan fingerprint density at radius 3 is 2.80 bits per heavy atom. The summed E-state index contributed by atoms with van der Waals surface area (Å²) in [6.45, 7) is 3.61. The second-order valence-corrected chi connectivity index (χ2v) is 5.39. The smallest absolute Gasteiger partial charge is 0.292 e. The van der Waals surface area contributed by atoms with Crippen molar-refractivity contribution >= 4 is 38.6 Å². The van der Waals surface area contributed by atoms with E-state index in [1.165, 1.54) is 0 Å². The molecule has 0 bridgehead atoms. The maximum absolute atomic E-state index is 12.2. The molecule has 0 fully saturated rings. The predicted octanol–water partition coefficient (Wildman–Crippen LogP) is 4.05. The van der Waals surface area contributed by atoms with E-state index in [1.807, 2.05) is 25.1 Å². The third-order valence-electron chi connectivity index (χ3n) is 2.97. The molecule has 0 aliphatic heterocycles. The third-order valence-corrected chi connectivity index (χ3v) is 3.47. The lowest BCUT2D eigenvalue weighted by molar-refractivity contribution is 0.0997. The molecule has 1 amide bonds. The van der Waals surface area contributed by atoms with Crippen molar-refractivity contribution < 1.29 is 13.7 Å². The number of hydrogen-bond donors (Lipinski definition) is 1. The van der Waals surface area contributed by atoms with Crippen LogP contribution in [-0.4, -0.2) is 11.1 Å². The first-order valence-electron chi connectivity index (χ1n) is 5.98. The molecule has 0 spiro atoms. The van der Waals surface area contributed by atoms with Gasteiger partial charge in [-0.15, -0.1) is 0 Å². The van der Waals surface area contributed by atoms with Crippen LogP contribution in [0.15, 0.2) is 37.7 Å². The SMILES string of the molecule is Cc1cc(NC(=O)c2oc3ccc(Br)cc3c2C)no1. The molecular formula is C14H11BrN2O3. The van der Waals surface area contributed by atoms with Gasteiger partial charge in [-0.3, -0.25) is 4.79 Å². The van der Waals surface area contributed by atoms with Gasteiger partial charge in [0.05, 0.1) is 0 Å². The van der Waals surface area contributed by atoms with Gasteiger partial charge in [0.25, 0.3) is 5.91 Å². The zero-order valence-corrected chi connectivity index (χ0v) is 12.4. The highest BCUT2D eigenvalue weighted by molar-refractivity contribution is 9.10. The number of fused-ring (bicyclic) bond motifs is 1. The number of rotatable bonds is 2. The lowest BCUT2D eigenvalue weighted by atomic mass is 10.1. The molecule has 0 atom stereocenters. The number of aromatic nitrogens is 1. The number of amides is 1. The zero-order chi connectivity index (χ0) is 14.3. The first-order chi connectivity index (χ1) is 9.54. The Bertz CT molecular complexity index is 804. The number of hydrogen-bond acceptors (Lipinski definition) is 4. The second kappa shape index (κ2) is 4.79. The van der Waals surface area contributed by atoms with Gasteiger partial charge in [-0.1, -0.05) is 21.1 Å². The van der Waals surface area contributed by atoms with Crippen LogP contribution in [0.2, 0.25) is 0 Å². The van der Waals surface area contributed by atoms with Gasteiger partial charge in [0.1, 0.15) is 11.3 Å². The first-order valence-corrected chi connectivity index (χ1v) is 6.77. The maximum Gasteiger partial charge on any atom is 0.292 e. The van der Waals surface area contributed by atoms with Crippen LogP contribution in [0, 0.1) is 13.8 Å². The minimum absolute atomic E-state index is 0.277. The molecule has 6 heteroatoms. The van der Waals surface area contributed by atoms with Crippen molar-refractivity contribution in [3.05, 3.63) is 45.8 Å². The molecular weight excluding hydrogens is 324 g/mol. The Balaban J connectivity index is 1.97. The van der Waals surface area contributed by atoms with E-state index < -0.39 is 0 Å². The van der Waals surface area contributed by atoms with Crippen molar-refractivity contribution in [2.75, 3.05) is 5.32 Å². The fraction of sp³-hybridized carbons (Fsp3) is 0.143. The summed E-state index contributed by atoms with van der Waals surface area (Å²) in [7, 11) is 0. The van der Waals surface area contributed by atoms with E-state index in [4.69, 9.17) is 8.94 Å². The lowest BCUT2D eigenvalue weighted by Crippen LogP contribution is -2.12. The second-order valence-electron chi connectivity index (χ2n) is 4.47. The van der Waals surface area contributed by atoms with E-state index in [9.17, 15) is 4.79 Å². The number of anilines is 1. The summed E-state index contributed by atoms with van der Waals surface area (Å²) in [5, 5.41) is 7.27.